The number of nitrogens with zero attached hydrogens (tertiary/aromatic N) is 1. The van der Waals surface area contributed by atoms with Crippen molar-refractivity contribution in [3.8, 4) is 5.75 Å². The predicted molar refractivity (Wildman–Crippen MR) is 107 cm³/mol. The van der Waals surface area contributed by atoms with Gasteiger partial charge in [-0.3, -0.25) is 9.59 Å². The molecular formula is C20H16BrN3O3. The second-order valence-corrected chi connectivity index (χ2v) is 6.42. The number of para-hydroxylation sites is 1. The van der Waals surface area contributed by atoms with Gasteiger partial charge in [-0.25, -0.2) is 4.98 Å². The maximum atomic E-state index is 12.5. The average Bonchev–Trinajstić information content (AvgIpc) is 2.69. The molecular weight excluding hydrogens is 410 g/mol. The summed E-state index contributed by atoms with van der Waals surface area (Å²) in [5, 5.41) is 5.43. The molecule has 2 N–H and O–H groups in total. The highest BCUT2D eigenvalue weighted by molar-refractivity contribution is 9.10. The third kappa shape index (κ3) is 5.39. The summed E-state index contributed by atoms with van der Waals surface area (Å²) in [4.78, 5) is 28.6. The summed E-state index contributed by atoms with van der Waals surface area (Å²) in [5.74, 6) is 0.0667. The largest absolute Gasteiger partial charge is 0.483 e. The van der Waals surface area contributed by atoms with Gasteiger partial charge in [0.05, 0.1) is 5.56 Å². The zero-order valence-electron chi connectivity index (χ0n) is 14.2. The van der Waals surface area contributed by atoms with Gasteiger partial charge in [0.25, 0.3) is 11.8 Å². The molecule has 136 valence electrons. The summed E-state index contributed by atoms with van der Waals surface area (Å²) < 4.78 is 6.47. The van der Waals surface area contributed by atoms with E-state index in [2.05, 4.69) is 31.5 Å². The van der Waals surface area contributed by atoms with E-state index in [1.807, 2.05) is 12.1 Å². The Labute approximate surface area is 164 Å². The number of anilines is 2. The van der Waals surface area contributed by atoms with Crippen molar-refractivity contribution in [3.05, 3.63) is 83.0 Å². The Morgan fingerprint density at radius 3 is 2.41 bits per heavy atom. The number of benzene rings is 2. The van der Waals surface area contributed by atoms with E-state index in [4.69, 9.17) is 4.74 Å². The molecule has 27 heavy (non-hydrogen) atoms. The lowest BCUT2D eigenvalue weighted by Crippen LogP contribution is -2.21. The standard InChI is InChI=1S/C20H16BrN3O3/c21-14-8-10-15(11-9-14)23-19(25)13-27-17-6-2-1-5-16(17)20(26)24-18-7-3-4-12-22-18/h1-12H,13H2,(H,23,25)(H,22,24,26). The van der Waals surface area contributed by atoms with E-state index in [1.54, 1.807) is 60.8 Å². The molecule has 7 heteroatoms. The van der Waals surface area contributed by atoms with Crippen LogP contribution < -0.4 is 15.4 Å². The van der Waals surface area contributed by atoms with Crippen molar-refractivity contribution < 1.29 is 14.3 Å². The van der Waals surface area contributed by atoms with Crippen LogP contribution in [-0.4, -0.2) is 23.4 Å². The van der Waals surface area contributed by atoms with Crippen molar-refractivity contribution >= 4 is 39.2 Å². The number of rotatable bonds is 6. The van der Waals surface area contributed by atoms with E-state index < -0.39 is 0 Å². The zero-order valence-corrected chi connectivity index (χ0v) is 15.8. The molecule has 0 saturated carbocycles. The summed E-state index contributed by atoms with van der Waals surface area (Å²) in [6.07, 6.45) is 1.59. The molecule has 0 bridgehead atoms. The van der Waals surface area contributed by atoms with Crippen molar-refractivity contribution in [2.75, 3.05) is 17.2 Å². The van der Waals surface area contributed by atoms with E-state index in [-0.39, 0.29) is 18.4 Å². The lowest BCUT2D eigenvalue weighted by Gasteiger charge is -2.11. The number of hydrogen-bond donors (Lipinski definition) is 2. The minimum absolute atomic E-state index is 0.218. The van der Waals surface area contributed by atoms with Crippen LogP contribution in [-0.2, 0) is 4.79 Å². The quantitative estimate of drug-likeness (QED) is 0.622. The third-order valence-electron chi connectivity index (χ3n) is 3.52. The second-order valence-electron chi connectivity index (χ2n) is 5.51. The van der Waals surface area contributed by atoms with Gasteiger partial charge in [-0.05, 0) is 48.5 Å². The molecule has 0 spiro atoms. The molecule has 3 rings (SSSR count). The topological polar surface area (TPSA) is 80.3 Å². The summed E-state index contributed by atoms with van der Waals surface area (Å²) in [7, 11) is 0. The monoisotopic (exact) mass is 425 g/mol. The number of nitrogens with one attached hydrogen (secondary N) is 2. The van der Waals surface area contributed by atoms with Crippen LogP contribution in [0, 0.1) is 0 Å². The molecule has 6 nitrogen and oxygen atoms in total. The molecule has 0 atom stereocenters. The van der Waals surface area contributed by atoms with Crippen LogP contribution in [0.5, 0.6) is 5.75 Å². The number of carbonyl (C=O) groups is 2. The Kier molecular flexibility index (Phi) is 6.17. The van der Waals surface area contributed by atoms with Gasteiger partial charge in [-0.2, -0.15) is 0 Å². The summed E-state index contributed by atoms with van der Waals surface area (Å²) in [6.45, 7) is -0.218. The normalized spacial score (nSPS) is 10.1. The molecule has 0 aliphatic heterocycles. The van der Waals surface area contributed by atoms with Gasteiger partial charge in [0.2, 0.25) is 0 Å². The van der Waals surface area contributed by atoms with Gasteiger partial charge >= 0.3 is 0 Å². The highest BCUT2D eigenvalue weighted by Gasteiger charge is 2.14. The third-order valence-corrected chi connectivity index (χ3v) is 4.05. The van der Waals surface area contributed by atoms with Gasteiger partial charge in [0.15, 0.2) is 6.61 Å². The highest BCUT2D eigenvalue weighted by Crippen LogP contribution is 2.19. The Hall–Kier alpha value is -3.19. The molecule has 2 aromatic carbocycles. The average molecular weight is 426 g/mol. The highest BCUT2D eigenvalue weighted by atomic mass is 79.9. The lowest BCUT2D eigenvalue weighted by molar-refractivity contribution is -0.118. The molecule has 3 aromatic rings. The molecule has 2 amide bonds. The number of hydrogen-bond acceptors (Lipinski definition) is 4. The number of aromatic nitrogens is 1. The lowest BCUT2D eigenvalue weighted by atomic mass is 10.2. The van der Waals surface area contributed by atoms with Crippen LogP contribution in [0.1, 0.15) is 10.4 Å². The molecule has 0 aliphatic rings. The number of pyridine rings is 1. The number of carbonyl (C=O) groups excluding carboxylic acids is 2. The number of ether oxygens (including phenoxy) is 1. The minimum Gasteiger partial charge on any atom is -0.483 e. The molecule has 0 fully saturated rings. The van der Waals surface area contributed by atoms with Crippen LogP contribution in [0.25, 0.3) is 0 Å². The van der Waals surface area contributed by atoms with E-state index in [0.717, 1.165) is 4.47 Å². The zero-order chi connectivity index (χ0) is 19.1. The Morgan fingerprint density at radius 1 is 0.926 bits per heavy atom. The fourth-order valence-corrected chi connectivity index (χ4v) is 2.54. The Bertz CT molecular complexity index is 931. The molecule has 1 heterocycles. The molecule has 0 aliphatic carbocycles. The first kappa shape index (κ1) is 18.6. The first-order chi connectivity index (χ1) is 13.1. The maximum Gasteiger partial charge on any atom is 0.262 e. The second kappa shape index (κ2) is 8.95. The van der Waals surface area contributed by atoms with Crippen molar-refractivity contribution in [2.24, 2.45) is 0 Å². The van der Waals surface area contributed by atoms with Crippen molar-refractivity contribution in [2.45, 2.75) is 0 Å². The SMILES string of the molecule is O=C(COc1ccccc1C(=O)Nc1ccccn1)Nc1ccc(Br)cc1. The van der Waals surface area contributed by atoms with Gasteiger partial charge < -0.3 is 15.4 Å². The number of halogens is 1. The van der Waals surface area contributed by atoms with Crippen LogP contribution in [0.2, 0.25) is 0 Å². The van der Waals surface area contributed by atoms with E-state index in [1.165, 1.54) is 0 Å². The van der Waals surface area contributed by atoms with Gasteiger partial charge in [-0.15, -0.1) is 0 Å². The summed E-state index contributed by atoms with van der Waals surface area (Å²) >= 11 is 3.34. The fraction of sp³-hybridized carbons (Fsp3) is 0.0500. The van der Waals surface area contributed by atoms with Crippen LogP contribution in [0.15, 0.2) is 77.4 Å². The van der Waals surface area contributed by atoms with E-state index in [9.17, 15) is 9.59 Å². The molecule has 0 unspecified atom stereocenters. The molecule has 1 aromatic heterocycles. The van der Waals surface area contributed by atoms with Crippen LogP contribution in [0.3, 0.4) is 0 Å². The van der Waals surface area contributed by atoms with E-state index >= 15 is 0 Å². The fourth-order valence-electron chi connectivity index (χ4n) is 2.27. The van der Waals surface area contributed by atoms with Crippen molar-refractivity contribution in [1.29, 1.82) is 0 Å². The number of amides is 2. The van der Waals surface area contributed by atoms with Crippen molar-refractivity contribution in [1.82, 2.24) is 4.98 Å². The predicted octanol–water partition coefficient (Wildman–Crippen LogP) is 4.11. The molecule has 0 radical (unpaired) electrons. The van der Waals surface area contributed by atoms with Gasteiger partial charge in [-0.1, -0.05) is 34.1 Å². The summed E-state index contributed by atoms with van der Waals surface area (Å²) in [6, 6.07) is 19.2. The van der Waals surface area contributed by atoms with Gasteiger partial charge in [0.1, 0.15) is 11.6 Å². The van der Waals surface area contributed by atoms with Crippen LogP contribution >= 0.6 is 15.9 Å². The van der Waals surface area contributed by atoms with Crippen molar-refractivity contribution in [3.63, 3.8) is 0 Å². The van der Waals surface area contributed by atoms with E-state index in [0.29, 0.717) is 22.8 Å². The first-order valence-electron chi connectivity index (χ1n) is 8.11. The maximum absolute atomic E-state index is 12.5. The Balaban J connectivity index is 1.62. The first-order valence-corrected chi connectivity index (χ1v) is 8.91. The molecule has 0 saturated heterocycles. The van der Waals surface area contributed by atoms with Gasteiger partial charge in [0, 0.05) is 16.4 Å². The summed E-state index contributed by atoms with van der Waals surface area (Å²) in [5.41, 5.74) is 0.979. The van der Waals surface area contributed by atoms with Crippen LogP contribution in [0.4, 0.5) is 11.5 Å². The Morgan fingerprint density at radius 2 is 1.67 bits per heavy atom. The minimum atomic E-state index is -0.363. The smallest absolute Gasteiger partial charge is 0.262 e.